The lowest BCUT2D eigenvalue weighted by Crippen LogP contribution is -2.41. The molecule has 2 nitrogen and oxygen atoms in total. The van der Waals surface area contributed by atoms with E-state index in [1.807, 2.05) is 0 Å². The molecule has 0 spiro atoms. The highest BCUT2D eigenvalue weighted by Gasteiger charge is 2.52. The van der Waals surface area contributed by atoms with E-state index in [-0.39, 0.29) is 0 Å². The number of anilines is 6. The fourth-order valence-electron chi connectivity index (χ4n) is 15.3. The van der Waals surface area contributed by atoms with E-state index in [0.717, 1.165) is 38.5 Å². The summed E-state index contributed by atoms with van der Waals surface area (Å²) < 4.78 is 0. The zero-order chi connectivity index (χ0) is 62.1. The van der Waals surface area contributed by atoms with Crippen molar-refractivity contribution in [2.24, 2.45) is 0 Å². The number of nitrogens with zero attached hydrogens (tertiary/aromatic N) is 2. The van der Waals surface area contributed by atoms with Crippen LogP contribution in [0.3, 0.4) is 0 Å². The summed E-state index contributed by atoms with van der Waals surface area (Å²) in [6.45, 7) is 13.9. The number of hydrogen-bond acceptors (Lipinski definition) is 2. The van der Waals surface area contributed by atoms with Gasteiger partial charge in [0, 0.05) is 11.4 Å². The molecule has 90 heavy (non-hydrogen) atoms. The lowest BCUT2D eigenvalue weighted by molar-refractivity contribution is 0.665. The van der Waals surface area contributed by atoms with Crippen molar-refractivity contribution in [1.82, 2.24) is 0 Å². The molecule has 2 heteroatoms. The smallest absolute Gasteiger partial charge is 0.0743 e. The summed E-state index contributed by atoms with van der Waals surface area (Å²) >= 11 is 0. The minimum Gasteiger partial charge on any atom is -0.310 e. The van der Waals surface area contributed by atoms with Crippen LogP contribution in [0.4, 0.5) is 34.1 Å². The summed E-state index contributed by atoms with van der Waals surface area (Å²) in [5, 5.41) is 0. The zero-order valence-corrected chi connectivity index (χ0v) is 55.9. The van der Waals surface area contributed by atoms with Crippen LogP contribution >= 0.6 is 0 Å². The van der Waals surface area contributed by atoms with Crippen molar-refractivity contribution in [2.75, 3.05) is 9.80 Å². The highest BCUT2D eigenvalue weighted by atomic mass is 15.2. The van der Waals surface area contributed by atoms with Crippen LogP contribution in [0.2, 0.25) is 0 Å². The lowest BCUT2D eigenvalue weighted by Gasteiger charge is -2.50. The fourth-order valence-corrected chi connectivity index (χ4v) is 15.3. The number of fused-ring (bicyclic) bond motifs is 4. The van der Waals surface area contributed by atoms with Crippen LogP contribution < -0.4 is 9.80 Å². The second-order valence-corrected chi connectivity index (χ2v) is 26.7. The van der Waals surface area contributed by atoms with Gasteiger partial charge >= 0.3 is 0 Å². The molecular formula is C88H104N2. The van der Waals surface area contributed by atoms with Crippen molar-refractivity contribution >= 4 is 34.1 Å². The molecule has 0 saturated heterocycles. The predicted molar refractivity (Wildman–Crippen MR) is 388 cm³/mol. The van der Waals surface area contributed by atoms with E-state index < -0.39 is 10.8 Å². The third kappa shape index (κ3) is 13.5. The van der Waals surface area contributed by atoms with Gasteiger partial charge in [-0.1, -0.05) is 289 Å². The largest absolute Gasteiger partial charge is 0.310 e. The van der Waals surface area contributed by atoms with Gasteiger partial charge in [-0.05, 0) is 203 Å². The number of benzene rings is 9. The monoisotopic (exact) mass is 1190 g/mol. The second-order valence-electron chi connectivity index (χ2n) is 26.7. The van der Waals surface area contributed by atoms with Gasteiger partial charge in [-0.15, -0.1) is 0 Å². The average Bonchev–Trinajstić information content (AvgIpc) is 0.702. The molecule has 0 amide bonds. The Hall–Kier alpha value is -7.42. The normalized spacial score (nSPS) is 13.6. The molecule has 2 aliphatic rings. The summed E-state index contributed by atoms with van der Waals surface area (Å²) in [4.78, 5) is 5.32. The van der Waals surface area contributed by atoms with Gasteiger partial charge in [-0.25, -0.2) is 0 Å². The number of aryl methyl sites for hydroxylation is 6. The van der Waals surface area contributed by atoms with Gasteiger partial charge in [0.2, 0.25) is 0 Å². The highest BCUT2D eigenvalue weighted by Crippen LogP contribution is 2.64. The Labute approximate surface area is 544 Å². The van der Waals surface area contributed by atoms with Crippen molar-refractivity contribution in [3.63, 3.8) is 0 Å². The Bertz CT molecular complexity index is 3300. The van der Waals surface area contributed by atoms with Crippen molar-refractivity contribution in [3.05, 3.63) is 284 Å². The van der Waals surface area contributed by atoms with Crippen LogP contribution in [0.1, 0.15) is 248 Å². The van der Waals surface area contributed by atoms with Crippen molar-refractivity contribution in [1.29, 1.82) is 0 Å². The fraction of sp³-hybridized carbons (Fsp3) is 0.386. The summed E-state index contributed by atoms with van der Waals surface area (Å²) in [7, 11) is 0. The Morgan fingerprint density at radius 2 is 0.467 bits per heavy atom. The highest BCUT2D eigenvalue weighted by molar-refractivity contribution is 5.96. The maximum absolute atomic E-state index is 2.71. The second kappa shape index (κ2) is 31.1. The van der Waals surface area contributed by atoms with Gasteiger partial charge in [0.25, 0.3) is 0 Å². The molecule has 0 saturated carbocycles. The first-order valence-corrected chi connectivity index (χ1v) is 35.9. The Kier molecular flexibility index (Phi) is 22.1. The minimum absolute atomic E-state index is 0.714. The van der Waals surface area contributed by atoms with Gasteiger partial charge in [0.1, 0.15) is 0 Å². The number of rotatable bonds is 32. The van der Waals surface area contributed by atoms with Gasteiger partial charge in [0.15, 0.2) is 0 Å². The van der Waals surface area contributed by atoms with Crippen LogP contribution in [0.5, 0.6) is 0 Å². The van der Waals surface area contributed by atoms with E-state index in [1.165, 1.54) is 240 Å². The SMILES string of the molecule is CCCCCCc1ccc(C2(c3ccc(CCCCCC)cc3)c3ccccc3N(c3ccc(CCCC)cc3)c3cc4c(cc32)N(c2ccc(CCCC)cc2)c2ccccc2C4(c2ccc(CCCCCC)cc2)c2ccc(CCCCCC)cc2)cc1. The number of para-hydroxylation sites is 2. The Balaban J connectivity index is 1.26. The molecule has 0 radical (unpaired) electrons. The molecule has 0 atom stereocenters. The molecule has 0 aliphatic carbocycles. The summed E-state index contributed by atoms with van der Waals surface area (Å²) in [5.41, 5.74) is 24.7. The van der Waals surface area contributed by atoms with E-state index in [2.05, 4.69) is 258 Å². The van der Waals surface area contributed by atoms with Gasteiger partial charge in [0.05, 0.1) is 33.6 Å². The molecule has 9 aromatic carbocycles. The molecule has 0 fully saturated rings. The minimum atomic E-state index is -0.714. The number of hydrogen-bond donors (Lipinski definition) is 0. The Morgan fingerprint density at radius 1 is 0.222 bits per heavy atom. The van der Waals surface area contributed by atoms with E-state index in [9.17, 15) is 0 Å². The third-order valence-electron chi connectivity index (χ3n) is 20.4. The molecule has 2 heterocycles. The molecule has 9 aromatic rings. The zero-order valence-electron chi connectivity index (χ0n) is 55.9. The first-order chi connectivity index (χ1) is 44.4. The van der Waals surface area contributed by atoms with Gasteiger partial charge < -0.3 is 9.80 Å². The summed E-state index contributed by atoms with van der Waals surface area (Å²) in [6.07, 6.45) is 31.3. The molecule has 0 N–H and O–H groups in total. The molecule has 0 bridgehead atoms. The summed E-state index contributed by atoms with van der Waals surface area (Å²) in [5.74, 6) is 0. The maximum Gasteiger partial charge on any atom is 0.0743 e. The molecule has 2 aliphatic heterocycles. The lowest BCUT2D eigenvalue weighted by atomic mass is 9.59. The van der Waals surface area contributed by atoms with Crippen LogP contribution in [0.15, 0.2) is 206 Å². The van der Waals surface area contributed by atoms with Crippen LogP contribution in [-0.4, -0.2) is 0 Å². The number of unbranched alkanes of at least 4 members (excludes halogenated alkanes) is 14. The summed E-state index contributed by atoms with van der Waals surface area (Å²) in [6, 6.07) is 83.7. The quantitative estimate of drug-likeness (QED) is 0.0388. The first kappa shape index (κ1) is 64.1. The van der Waals surface area contributed by atoms with Gasteiger partial charge in [-0.3, -0.25) is 0 Å². The van der Waals surface area contributed by atoms with E-state index in [0.29, 0.717) is 0 Å². The molecular weight excluding hydrogens is 1080 g/mol. The van der Waals surface area contributed by atoms with E-state index in [4.69, 9.17) is 0 Å². The topological polar surface area (TPSA) is 6.48 Å². The Morgan fingerprint density at radius 3 is 0.733 bits per heavy atom. The maximum atomic E-state index is 2.71. The van der Waals surface area contributed by atoms with E-state index in [1.54, 1.807) is 0 Å². The van der Waals surface area contributed by atoms with Crippen molar-refractivity contribution < 1.29 is 0 Å². The van der Waals surface area contributed by atoms with Crippen molar-refractivity contribution in [3.8, 4) is 0 Å². The van der Waals surface area contributed by atoms with Crippen LogP contribution in [0.25, 0.3) is 0 Å². The molecule has 466 valence electrons. The first-order valence-electron chi connectivity index (χ1n) is 35.9. The van der Waals surface area contributed by atoms with Crippen LogP contribution in [-0.2, 0) is 49.4 Å². The van der Waals surface area contributed by atoms with Gasteiger partial charge in [-0.2, -0.15) is 0 Å². The standard InChI is InChI=1S/C88H104N2/c1-7-13-19-23-33-69-41-53-73(54-42-69)87(74-55-43-70(44-56-74)34-24-20-14-8-2)79-37-27-29-39-83(79)89(77-61-49-67(50-62-77)31-17-11-5)85-66-82-86(65-81(85)87)90(78-63-51-68(52-64-78)32-18-12-6)84-40-30-28-38-80(84)88(82,75-57-45-71(46-58-75)35-25-21-15-9-3)76-59-47-72(48-60-76)36-26-22-16-10-4/h27-30,37-66H,7-26,31-36H2,1-6H3. The molecule has 0 unspecified atom stereocenters. The molecule has 0 aromatic heterocycles. The van der Waals surface area contributed by atoms with Crippen molar-refractivity contribution in [2.45, 2.75) is 219 Å². The van der Waals surface area contributed by atoms with Crippen LogP contribution in [0, 0.1) is 0 Å². The van der Waals surface area contributed by atoms with E-state index >= 15 is 0 Å². The molecule has 11 rings (SSSR count). The predicted octanol–water partition coefficient (Wildman–Crippen LogP) is 25.2. The third-order valence-corrected chi connectivity index (χ3v) is 20.4. The average molecular weight is 1190 g/mol.